The number of hydrogen-bond acceptors (Lipinski definition) is 3. The van der Waals surface area contributed by atoms with Gasteiger partial charge in [0.05, 0.1) is 0 Å². The third-order valence-electron chi connectivity index (χ3n) is 4.09. The number of rotatable bonds is 4. The summed E-state index contributed by atoms with van der Waals surface area (Å²) < 4.78 is 55.7. The number of nitrogens with one attached hydrogen (secondary N) is 1. The molecule has 1 amide bonds. The van der Waals surface area contributed by atoms with Crippen LogP contribution in [0.5, 0.6) is 0 Å². The molecule has 0 saturated carbocycles. The Balaban J connectivity index is 2.16. The van der Waals surface area contributed by atoms with Crippen LogP contribution < -0.4 is 5.32 Å². The van der Waals surface area contributed by atoms with Crippen LogP contribution in [-0.4, -0.2) is 47.6 Å². The first kappa shape index (κ1) is 17.7. The number of halogens is 4. The molecule has 0 bridgehead atoms. The number of amides is 1. The summed E-state index contributed by atoms with van der Waals surface area (Å²) in [5, 5.41) is 11.9. The average Bonchev–Trinajstić information content (AvgIpc) is 2.85. The Bertz CT molecular complexity index is 600. The molecular formula is C15H18F4N2O2. The number of aliphatic hydroxyl groups is 1. The fraction of sp³-hybridized carbons (Fsp3) is 0.533. The van der Waals surface area contributed by atoms with E-state index in [1.54, 1.807) is 0 Å². The van der Waals surface area contributed by atoms with Crippen LogP contribution in [0.1, 0.15) is 17.5 Å². The molecule has 1 atom stereocenters. The number of benzene rings is 1. The highest BCUT2D eigenvalue weighted by Gasteiger charge is 2.60. The van der Waals surface area contributed by atoms with Crippen LogP contribution in [0.4, 0.5) is 17.6 Å². The van der Waals surface area contributed by atoms with Crippen molar-refractivity contribution in [3.63, 3.8) is 0 Å². The molecule has 0 spiro atoms. The number of nitrogens with zero attached hydrogens (tertiary/aromatic N) is 1. The highest BCUT2D eigenvalue weighted by molar-refractivity contribution is 5.84. The summed E-state index contributed by atoms with van der Waals surface area (Å²) in [6.45, 7) is 0.717. The quantitative estimate of drug-likeness (QED) is 0.823. The number of aryl methyl sites for hydroxylation is 1. The van der Waals surface area contributed by atoms with Crippen LogP contribution in [0.25, 0.3) is 0 Å². The number of carbonyl (C=O) groups excluding carboxylic acids is 1. The number of alkyl halides is 2. The lowest BCUT2D eigenvalue weighted by atomic mass is 9.94. The van der Waals surface area contributed by atoms with Crippen molar-refractivity contribution in [2.45, 2.75) is 31.4 Å². The predicted molar refractivity (Wildman–Crippen MR) is 75.0 cm³/mol. The van der Waals surface area contributed by atoms with Gasteiger partial charge in [-0.3, -0.25) is 9.69 Å². The van der Waals surface area contributed by atoms with Gasteiger partial charge in [-0.15, -0.1) is 0 Å². The maximum Gasteiger partial charge on any atom is 0.353 e. The second-order valence-electron chi connectivity index (χ2n) is 5.85. The Labute approximate surface area is 131 Å². The van der Waals surface area contributed by atoms with Gasteiger partial charge in [0.2, 0.25) is 0 Å². The summed E-state index contributed by atoms with van der Waals surface area (Å²) in [4.78, 5) is 12.6. The monoisotopic (exact) mass is 334 g/mol. The molecule has 23 heavy (non-hydrogen) atoms. The first-order chi connectivity index (χ1) is 10.6. The first-order valence-corrected chi connectivity index (χ1v) is 7.10. The van der Waals surface area contributed by atoms with E-state index >= 15 is 0 Å². The van der Waals surface area contributed by atoms with Crippen LogP contribution in [0, 0.1) is 18.6 Å². The average molecular weight is 334 g/mol. The number of likely N-dealkylation sites (tertiary alicyclic amines) is 1. The van der Waals surface area contributed by atoms with E-state index in [-0.39, 0.29) is 25.1 Å². The molecule has 1 unspecified atom stereocenters. The molecule has 1 aliphatic rings. The van der Waals surface area contributed by atoms with E-state index in [9.17, 15) is 27.5 Å². The second kappa shape index (κ2) is 6.09. The Hall–Kier alpha value is -1.67. The van der Waals surface area contributed by atoms with Crippen LogP contribution in [0.15, 0.2) is 12.1 Å². The third-order valence-corrected chi connectivity index (χ3v) is 4.09. The summed E-state index contributed by atoms with van der Waals surface area (Å²) in [6, 6.07) is 2.31. The molecule has 1 saturated heterocycles. The van der Waals surface area contributed by atoms with Gasteiger partial charge in [-0.1, -0.05) is 0 Å². The topological polar surface area (TPSA) is 52.6 Å². The number of carbonyl (C=O) groups is 1. The van der Waals surface area contributed by atoms with Crippen molar-refractivity contribution in [3.05, 3.63) is 34.9 Å². The van der Waals surface area contributed by atoms with E-state index in [4.69, 9.17) is 0 Å². The third kappa shape index (κ3) is 3.18. The van der Waals surface area contributed by atoms with Crippen molar-refractivity contribution < 1.29 is 27.5 Å². The zero-order chi connectivity index (χ0) is 17.4. The van der Waals surface area contributed by atoms with E-state index in [1.165, 1.54) is 11.8 Å². The van der Waals surface area contributed by atoms with E-state index < -0.39 is 35.6 Å². The maximum atomic E-state index is 14.0. The molecule has 128 valence electrons. The smallest absolute Gasteiger partial charge is 0.353 e. The van der Waals surface area contributed by atoms with Crippen molar-refractivity contribution in [1.29, 1.82) is 0 Å². The van der Waals surface area contributed by atoms with Crippen LogP contribution in [-0.2, 0) is 11.3 Å². The van der Waals surface area contributed by atoms with E-state index in [0.717, 1.165) is 19.2 Å². The molecule has 0 aliphatic carbocycles. The minimum atomic E-state index is -3.99. The molecule has 0 radical (unpaired) electrons. The van der Waals surface area contributed by atoms with E-state index in [1.807, 2.05) is 5.32 Å². The molecule has 2 N–H and O–H groups in total. The van der Waals surface area contributed by atoms with Crippen LogP contribution >= 0.6 is 0 Å². The van der Waals surface area contributed by atoms with Gasteiger partial charge in [-0.05, 0) is 31.0 Å². The lowest BCUT2D eigenvalue weighted by Gasteiger charge is -2.30. The van der Waals surface area contributed by atoms with Crippen molar-refractivity contribution in [3.8, 4) is 0 Å². The SMILES string of the molecule is CNC(=O)C(F)(F)C1(O)CCN(Cc2c(F)cc(C)cc2F)C1. The first-order valence-electron chi connectivity index (χ1n) is 7.10. The summed E-state index contributed by atoms with van der Waals surface area (Å²) in [5.41, 5.74) is -2.40. The van der Waals surface area contributed by atoms with Gasteiger partial charge in [-0.25, -0.2) is 8.78 Å². The van der Waals surface area contributed by atoms with E-state index in [0.29, 0.717) is 5.56 Å². The fourth-order valence-electron chi connectivity index (χ4n) is 2.74. The van der Waals surface area contributed by atoms with Gasteiger partial charge in [0.15, 0.2) is 5.60 Å². The van der Waals surface area contributed by atoms with Crippen LogP contribution in [0.2, 0.25) is 0 Å². The van der Waals surface area contributed by atoms with Crippen LogP contribution in [0.3, 0.4) is 0 Å². The van der Waals surface area contributed by atoms with Gasteiger partial charge in [-0.2, -0.15) is 8.78 Å². The van der Waals surface area contributed by atoms with Gasteiger partial charge in [0, 0.05) is 32.2 Å². The summed E-state index contributed by atoms with van der Waals surface area (Å²) >= 11 is 0. The Kier molecular flexibility index (Phi) is 4.68. The van der Waals surface area contributed by atoms with Crippen molar-refractivity contribution in [2.24, 2.45) is 0 Å². The predicted octanol–water partition coefficient (Wildman–Crippen LogP) is 1.59. The fourth-order valence-corrected chi connectivity index (χ4v) is 2.74. The normalized spacial score (nSPS) is 22.4. The summed E-state index contributed by atoms with van der Waals surface area (Å²) in [5.74, 6) is -7.11. The summed E-state index contributed by atoms with van der Waals surface area (Å²) in [7, 11) is 1.05. The molecule has 1 aromatic rings. The highest BCUT2D eigenvalue weighted by Crippen LogP contribution is 2.37. The summed E-state index contributed by atoms with van der Waals surface area (Å²) in [6.07, 6.45) is -0.373. The largest absolute Gasteiger partial charge is 0.382 e. The Morgan fingerprint density at radius 1 is 1.39 bits per heavy atom. The zero-order valence-corrected chi connectivity index (χ0v) is 12.8. The Morgan fingerprint density at radius 2 is 1.96 bits per heavy atom. The minimum Gasteiger partial charge on any atom is -0.382 e. The molecule has 1 heterocycles. The van der Waals surface area contributed by atoms with Crippen molar-refractivity contribution >= 4 is 5.91 Å². The Morgan fingerprint density at radius 3 is 2.48 bits per heavy atom. The van der Waals surface area contributed by atoms with E-state index in [2.05, 4.69) is 0 Å². The second-order valence-corrected chi connectivity index (χ2v) is 5.85. The van der Waals surface area contributed by atoms with Crippen molar-refractivity contribution in [1.82, 2.24) is 10.2 Å². The molecule has 8 heteroatoms. The standard InChI is InChI=1S/C15H18F4N2O2/c1-9-5-11(16)10(12(17)6-9)7-21-4-3-14(23,8-21)15(18,19)13(22)20-2/h5-6,23H,3-4,7-8H2,1-2H3,(H,20,22). The maximum absolute atomic E-state index is 14.0. The van der Waals surface area contributed by atoms with Crippen molar-refractivity contribution in [2.75, 3.05) is 20.1 Å². The zero-order valence-electron chi connectivity index (χ0n) is 12.8. The molecule has 0 aromatic heterocycles. The van der Waals surface area contributed by atoms with Gasteiger partial charge in [0.25, 0.3) is 5.91 Å². The number of hydrogen-bond donors (Lipinski definition) is 2. The lowest BCUT2D eigenvalue weighted by molar-refractivity contribution is -0.188. The van der Waals surface area contributed by atoms with Gasteiger partial charge < -0.3 is 10.4 Å². The van der Waals surface area contributed by atoms with Gasteiger partial charge in [0.1, 0.15) is 11.6 Å². The molecule has 2 rings (SSSR count). The number of β-amino-alcohol motifs (C(OH)–C–C–N with tert-alkyl or cyclic N) is 1. The molecule has 1 aliphatic heterocycles. The molecule has 4 nitrogen and oxygen atoms in total. The lowest BCUT2D eigenvalue weighted by Crippen LogP contribution is -2.57. The molecule has 1 aromatic carbocycles. The molecule has 1 fully saturated rings. The minimum absolute atomic E-state index is 0.00413. The molecular weight excluding hydrogens is 316 g/mol. The highest BCUT2D eigenvalue weighted by atomic mass is 19.3. The van der Waals surface area contributed by atoms with Gasteiger partial charge >= 0.3 is 5.92 Å².